The van der Waals surface area contributed by atoms with E-state index in [9.17, 15) is 0 Å². The molecule has 152 valence electrons. The molecule has 1 aromatic rings. The largest absolute Gasteiger partial charge is 0.379 e. The Morgan fingerprint density at radius 1 is 1.30 bits per heavy atom. The maximum Gasteiger partial charge on any atom is 0.194 e. The van der Waals surface area contributed by atoms with Crippen molar-refractivity contribution in [3.8, 4) is 0 Å². The smallest absolute Gasteiger partial charge is 0.194 e. The molecule has 27 heavy (non-hydrogen) atoms. The van der Waals surface area contributed by atoms with E-state index < -0.39 is 0 Å². The summed E-state index contributed by atoms with van der Waals surface area (Å²) in [6.45, 7) is 9.51. The summed E-state index contributed by atoms with van der Waals surface area (Å²) in [5.74, 6) is 1.97. The molecule has 0 saturated carbocycles. The fourth-order valence-corrected chi connectivity index (χ4v) is 3.56. The molecule has 1 atom stereocenters. The second-order valence-electron chi connectivity index (χ2n) is 7.09. The highest BCUT2D eigenvalue weighted by Gasteiger charge is 2.30. The van der Waals surface area contributed by atoms with Gasteiger partial charge in [-0.05, 0) is 25.5 Å². The Morgan fingerprint density at radius 2 is 2.07 bits per heavy atom. The minimum absolute atomic E-state index is 0. The normalized spacial score (nSPS) is 21.1. The van der Waals surface area contributed by atoms with E-state index in [2.05, 4.69) is 27.0 Å². The summed E-state index contributed by atoms with van der Waals surface area (Å²) >= 11 is 0. The summed E-state index contributed by atoms with van der Waals surface area (Å²) in [6, 6.07) is 6.72. The van der Waals surface area contributed by atoms with Crippen LogP contribution in [0, 0.1) is 0 Å². The highest BCUT2D eigenvalue weighted by atomic mass is 127. The van der Waals surface area contributed by atoms with Crippen LogP contribution in [0.2, 0.25) is 0 Å². The molecule has 8 heteroatoms. The van der Waals surface area contributed by atoms with Gasteiger partial charge < -0.3 is 19.9 Å². The molecule has 0 aromatic carbocycles. The van der Waals surface area contributed by atoms with Gasteiger partial charge in [-0.1, -0.05) is 6.07 Å². The van der Waals surface area contributed by atoms with Gasteiger partial charge in [-0.3, -0.25) is 4.90 Å². The summed E-state index contributed by atoms with van der Waals surface area (Å²) in [6.07, 6.45) is 1.19. The summed E-state index contributed by atoms with van der Waals surface area (Å²) in [5, 5.41) is 3.45. The van der Waals surface area contributed by atoms with E-state index in [1.54, 1.807) is 0 Å². The molecule has 2 saturated heterocycles. The van der Waals surface area contributed by atoms with E-state index in [1.807, 2.05) is 37.2 Å². The predicted octanol–water partition coefficient (Wildman–Crippen LogP) is 1.64. The van der Waals surface area contributed by atoms with E-state index in [-0.39, 0.29) is 24.0 Å². The van der Waals surface area contributed by atoms with Gasteiger partial charge in [-0.2, -0.15) is 0 Å². The third kappa shape index (κ3) is 6.18. The number of aromatic nitrogens is 1. The van der Waals surface area contributed by atoms with E-state index in [0.717, 1.165) is 63.4 Å². The van der Waals surface area contributed by atoms with Gasteiger partial charge in [0, 0.05) is 52.9 Å². The fourth-order valence-electron chi connectivity index (χ4n) is 3.56. The molecule has 3 rings (SSSR count). The number of hydrogen-bond donors (Lipinski definition) is 1. The lowest BCUT2D eigenvalue weighted by Crippen LogP contribution is -2.46. The van der Waals surface area contributed by atoms with Gasteiger partial charge in [0.2, 0.25) is 0 Å². The first-order valence-electron chi connectivity index (χ1n) is 9.65. The SMILES string of the molecule is CCNC(=NCc1cccc(N(C)C)n1)N1CCC(N2CCOCC2)C1.I. The lowest BCUT2D eigenvalue weighted by Gasteiger charge is -2.32. The summed E-state index contributed by atoms with van der Waals surface area (Å²) < 4.78 is 5.48. The van der Waals surface area contributed by atoms with Gasteiger partial charge in [0.15, 0.2) is 5.96 Å². The van der Waals surface area contributed by atoms with Crippen molar-refractivity contribution in [2.45, 2.75) is 25.9 Å². The number of pyridine rings is 1. The van der Waals surface area contributed by atoms with Crippen LogP contribution >= 0.6 is 24.0 Å². The molecule has 0 amide bonds. The highest BCUT2D eigenvalue weighted by Crippen LogP contribution is 2.17. The van der Waals surface area contributed by atoms with E-state index in [1.165, 1.54) is 6.42 Å². The van der Waals surface area contributed by atoms with Crippen molar-refractivity contribution in [3.05, 3.63) is 23.9 Å². The minimum atomic E-state index is 0. The molecule has 1 aromatic heterocycles. The van der Waals surface area contributed by atoms with Crippen LogP contribution in [0.5, 0.6) is 0 Å². The monoisotopic (exact) mass is 488 g/mol. The van der Waals surface area contributed by atoms with Crippen molar-refractivity contribution in [3.63, 3.8) is 0 Å². The number of aliphatic imine (C=N–C) groups is 1. The number of ether oxygens (including phenoxy) is 1. The highest BCUT2D eigenvalue weighted by molar-refractivity contribution is 14.0. The number of morpholine rings is 1. The molecule has 2 fully saturated rings. The topological polar surface area (TPSA) is 56.2 Å². The van der Waals surface area contributed by atoms with Crippen LogP contribution in [0.25, 0.3) is 0 Å². The molecule has 0 radical (unpaired) electrons. The molecular weight excluding hydrogens is 455 g/mol. The average molecular weight is 488 g/mol. The van der Waals surface area contributed by atoms with Crippen molar-refractivity contribution in [1.82, 2.24) is 20.1 Å². The Bertz CT molecular complexity index is 606. The Kier molecular flexibility index (Phi) is 9.04. The van der Waals surface area contributed by atoms with Gasteiger partial charge in [-0.15, -0.1) is 24.0 Å². The quantitative estimate of drug-likeness (QED) is 0.387. The number of nitrogens with zero attached hydrogens (tertiary/aromatic N) is 5. The van der Waals surface area contributed by atoms with Crippen molar-refractivity contribution < 1.29 is 4.74 Å². The first-order chi connectivity index (χ1) is 12.7. The van der Waals surface area contributed by atoms with Crippen molar-refractivity contribution in [2.75, 3.05) is 64.9 Å². The predicted molar refractivity (Wildman–Crippen MR) is 121 cm³/mol. The van der Waals surface area contributed by atoms with Crippen LogP contribution < -0.4 is 10.2 Å². The van der Waals surface area contributed by atoms with Crippen LogP contribution in [0.1, 0.15) is 19.0 Å². The average Bonchev–Trinajstić information content (AvgIpc) is 3.16. The fraction of sp³-hybridized carbons (Fsp3) is 0.684. The van der Waals surface area contributed by atoms with Gasteiger partial charge in [0.1, 0.15) is 5.82 Å². The van der Waals surface area contributed by atoms with E-state index in [4.69, 9.17) is 9.73 Å². The maximum absolute atomic E-state index is 5.48. The first kappa shape index (κ1) is 22.2. The lowest BCUT2D eigenvalue weighted by molar-refractivity contribution is 0.0195. The molecule has 7 nitrogen and oxygen atoms in total. The molecule has 0 spiro atoms. The minimum Gasteiger partial charge on any atom is -0.379 e. The summed E-state index contributed by atoms with van der Waals surface area (Å²) in [5.41, 5.74) is 0.996. The number of likely N-dealkylation sites (tertiary alicyclic amines) is 1. The maximum atomic E-state index is 5.48. The number of anilines is 1. The second kappa shape index (κ2) is 11.0. The molecule has 2 aliphatic rings. The molecule has 1 unspecified atom stereocenters. The molecule has 3 heterocycles. The Morgan fingerprint density at radius 3 is 2.78 bits per heavy atom. The molecule has 1 N–H and O–H groups in total. The molecule has 0 aliphatic carbocycles. The number of guanidine groups is 1. The van der Waals surface area contributed by atoms with Crippen LogP contribution in [-0.4, -0.2) is 86.8 Å². The zero-order chi connectivity index (χ0) is 18.4. The number of rotatable bonds is 5. The Labute approximate surface area is 180 Å². The van der Waals surface area contributed by atoms with E-state index >= 15 is 0 Å². The Balaban J connectivity index is 0.00000261. The number of nitrogens with one attached hydrogen (secondary N) is 1. The van der Waals surface area contributed by atoms with Crippen molar-refractivity contribution in [2.24, 2.45) is 4.99 Å². The van der Waals surface area contributed by atoms with Gasteiger partial charge in [0.05, 0.1) is 25.5 Å². The Hall–Kier alpha value is -1.13. The molecule has 2 aliphatic heterocycles. The van der Waals surface area contributed by atoms with Gasteiger partial charge in [-0.25, -0.2) is 9.98 Å². The van der Waals surface area contributed by atoms with Crippen LogP contribution in [0.4, 0.5) is 5.82 Å². The number of hydrogen-bond acceptors (Lipinski definition) is 5. The van der Waals surface area contributed by atoms with Crippen molar-refractivity contribution >= 4 is 35.8 Å². The zero-order valence-corrected chi connectivity index (χ0v) is 19.1. The van der Waals surface area contributed by atoms with Gasteiger partial charge in [0.25, 0.3) is 0 Å². The lowest BCUT2D eigenvalue weighted by atomic mass is 10.2. The van der Waals surface area contributed by atoms with Crippen LogP contribution in [-0.2, 0) is 11.3 Å². The third-order valence-electron chi connectivity index (χ3n) is 5.00. The first-order valence-corrected chi connectivity index (χ1v) is 9.65. The molecular formula is C19H33IN6O. The number of halogens is 1. The zero-order valence-electron chi connectivity index (χ0n) is 16.7. The van der Waals surface area contributed by atoms with Gasteiger partial charge >= 0.3 is 0 Å². The van der Waals surface area contributed by atoms with Crippen LogP contribution in [0.15, 0.2) is 23.2 Å². The second-order valence-corrected chi connectivity index (χ2v) is 7.09. The molecule has 0 bridgehead atoms. The summed E-state index contributed by atoms with van der Waals surface area (Å²) in [4.78, 5) is 16.5. The summed E-state index contributed by atoms with van der Waals surface area (Å²) in [7, 11) is 4.02. The van der Waals surface area contributed by atoms with Crippen molar-refractivity contribution in [1.29, 1.82) is 0 Å². The third-order valence-corrected chi connectivity index (χ3v) is 5.00. The standard InChI is InChI=1S/C19H32N6O.HI/c1-4-20-19(21-14-16-6-5-7-18(22-16)23(2)3)25-9-8-17(15-25)24-10-12-26-13-11-24;/h5-7,17H,4,8-15H2,1-3H3,(H,20,21);1H. The van der Waals surface area contributed by atoms with Crippen LogP contribution in [0.3, 0.4) is 0 Å². The van der Waals surface area contributed by atoms with E-state index in [0.29, 0.717) is 12.6 Å².